The van der Waals surface area contributed by atoms with E-state index in [2.05, 4.69) is 18.8 Å². The normalized spacial score (nSPS) is 13.0. The highest BCUT2D eigenvalue weighted by molar-refractivity contribution is 5.99. The third-order valence-corrected chi connectivity index (χ3v) is 6.18. The number of carbonyl (C=O) groups excluding carboxylic acids is 1. The molecule has 6 heteroatoms. The molecule has 2 aromatic rings. The molecule has 1 atom stereocenters. The molecular formula is C33H41NO5. The molecule has 0 spiro atoms. The number of aliphatic carboxylic acids is 1. The maximum Gasteiger partial charge on any atom is 0.326 e. The molecule has 0 bridgehead atoms. The number of hydrogen-bond donors (Lipinski definition) is 2. The van der Waals surface area contributed by atoms with E-state index in [0.717, 1.165) is 40.9 Å². The Morgan fingerprint density at radius 2 is 1.87 bits per heavy atom. The van der Waals surface area contributed by atoms with E-state index in [0.29, 0.717) is 31.0 Å². The number of amides is 1. The third kappa shape index (κ3) is 10.7. The molecule has 2 aromatic carbocycles. The molecule has 208 valence electrons. The molecule has 0 aliphatic rings. The number of carboxylic acids is 1. The molecule has 2 rings (SSSR count). The summed E-state index contributed by atoms with van der Waals surface area (Å²) in [6, 6.07) is 13.9. The molecule has 0 saturated heterocycles. The van der Waals surface area contributed by atoms with E-state index in [9.17, 15) is 14.7 Å². The predicted octanol–water partition coefficient (Wildman–Crippen LogP) is 6.81. The highest BCUT2D eigenvalue weighted by Gasteiger charge is 2.22. The van der Waals surface area contributed by atoms with Gasteiger partial charge in [0.2, 0.25) is 5.91 Å². The van der Waals surface area contributed by atoms with Crippen LogP contribution in [0.15, 0.2) is 90.2 Å². The Bertz CT molecular complexity index is 1190. The monoisotopic (exact) mass is 531 g/mol. The van der Waals surface area contributed by atoms with Crippen molar-refractivity contribution >= 4 is 18.0 Å². The van der Waals surface area contributed by atoms with Crippen molar-refractivity contribution in [2.45, 2.75) is 59.4 Å². The van der Waals surface area contributed by atoms with Crippen molar-refractivity contribution in [3.63, 3.8) is 0 Å². The fourth-order valence-electron chi connectivity index (χ4n) is 3.77. The van der Waals surface area contributed by atoms with Crippen LogP contribution in [0.5, 0.6) is 5.75 Å². The smallest absolute Gasteiger partial charge is 0.326 e. The minimum atomic E-state index is -1.07. The number of carboxylic acid groups (broad SMARTS) is 1. The van der Waals surface area contributed by atoms with Gasteiger partial charge in [-0.05, 0) is 79.3 Å². The topological polar surface area (TPSA) is 84.9 Å². The van der Waals surface area contributed by atoms with Crippen LogP contribution in [0.25, 0.3) is 6.08 Å². The lowest BCUT2D eigenvalue weighted by molar-refractivity contribution is -0.141. The van der Waals surface area contributed by atoms with Gasteiger partial charge < -0.3 is 19.9 Å². The number of nitrogens with one attached hydrogen (secondary N) is 1. The van der Waals surface area contributed by atoms with Crippen LogP contribution in [0.4, 0.5) is 0 Å². The first-order chi connectivity index (χ1) is 18.8. The zero-order chi connectivity index (χ0) is 28.6. The van der Waals surface area contributed by atoms with Crippen molar-refractivity contribution in [2.24, 2.45) is 0 Å². The van der Waals surface area contributed by atoms with Crippen LogP contribution < -0.4 is 10.1 Å². The Hall–Kier alpha value is -4.06. The summed E-state index contributed by atoms with van der Waals surface area (Å²) < 4.78 is 11.8. The van der Waals surface area contributed by atoms with Crippen molar-refractivity contribution in [3.8, 4) is 5.75 Å². The van der Waals surface area contributed by atoms with E-state index in [-0.39, 0.29) is 12.3 Å². The molecule has 2 N–H and O–H groups in total. The summed E-state index contributed by atoms with van der Waals surface area (Å²) in [5.41, 5.74) is 4.05. The van der Waals surface area contributed by atoms with Crippen molar-refractivity contribution in [1.29, 1.82) is 0 Å². The van der Waals surface area contributed by atoms with E-state index in [1.807, 2.05) is 81.5 Å². The molecule has 0 saturated carbocycles. The second-order valence-electron chi connectivity index (χ2n) is 9.20. The van der Waals surface area contributed by atoms with Crippen LogP contribution >= 0.6 is 0 Å². The lowest BCUT2D eigenvalue weighted by Gasteiger charge is -2.16. The summed E-state index contributed by atoms with van der Waals surface area (Å²) in [6.07, 6.45) is 10.2. The van der Waals surface area contributed by atoms with Crippen LogP contribution in [0.2, 0.25) is 0 Å². The molecule has 0 radical (unpaired) electrons. The van der Waals surface area contributed by atoms with Crippen LogP contribution in [-0.2, 0) is 20.7 Å². The fraction of sp³-hybridized carbons (Fsp3) is 0.333. The minimum Gasteiger partial charge on any atom is -0.494 e. The van der Waals surface area contributed by atoms with Gasteiger partial charge in [-0.2, -0.15) is 0 Å². The Morgan fingerprint density at radius 3 is 2.46 bits per heavy atom. The van der Waals surface area contributed by atoms with E-state index in [4.69, 9.17) is 9.47 Å². The molecule has 0 heterocycles. The molecule has 0 aromatic heterocycles. The molecule has 39 heavy (non-hydrogen) atoms. The SMILES string of the molecule is C=C/C(=C\C(=C/C)OCCCC)COc1ccc(/C=C(\CC)C(=O)NC(Cc2ccccc2)C(=O)O)c(C)c1. The van der Waals surface area contributed by atoms with Gasteiger partial charge in [0, 0.05) is 12.0 Å². The van der Waals surface area contributed by atoms with E-state index < -0.39 is 12.0 Å². The van der Waals surface area contributed by atoms with Crippen LogP contribution in [0.3, 0.4) is 0 Å². The highest BCUT2D eigenvalue weighted by atomic mass is 16.5. The van der Waals surface area contributed by atoms with Gasteiger partial charge in [-0.1, -0.05) is 69.3 Å². The van der Waals surface area contributed by atoms with Crippen molar-refractivity contribution < 1.29 is 24.2 Å². The van der Waals surface area contributed by atoms with Gasteiger partial charge in [0.05, 0.1) is 6.61 Å². The van der Waals surface area contributed by atoms with Crippen LogP contribution in [0.1, 0.15) is 56.7 Å². The first-order valence-electron chi connectivity index (χ1n) is 13.4. The number of unbranched alkanes of at least 4 members (excludes halogenated alkanes) is 1. The molecule has 0 fully saturated rings. The maximum atomic E-state index is 13.0. The van der Waals surface area contributed by atoms with Gasteiger partial charge in [0.15, 0.2) is 0 Å². The standard InChI is InChI=1S/C33H41NO5/c1-6-10-18-38-29(9-4)20-25(7-2)23-39-30-17-16-28(24(5)19-30)22-27(8-3)32(35)34-31(33(36)37)21-26-14-12-11-13-15-26/h7,9,11-17,19-20,22,31H,2,6,8,10,18,21,23H2,1,3-5H3,(H,34,35)(H,36,37)/b25-20+,27-22+,29-9+. The van der Waals surface area contributed by atoms with Gasteiger partial charge in [0.25, 0.3) is 0 Å². The number of rotatable bonds is 16. The van der Waals surface area contributed by atoms with E-state index >= 15 is 0 Å². The zero-order valence-electron chi connectivity index (χ0n) is 23.5. The Balaban J connectivity index is 2.09. The summed E-state index contributed by atoms with van der Waals surface area (Å²) >= 11 is 0. The summed E-state index contributed by atoms with van der Waals surface area (Å²) in [7, 11) is 0. The first-order valence-corrected chi connectivity index (χ1v) is 13.4. The van der Waals surface area contributed by atoms with E-state index in [1.54, 1.807) is 12.2 Å². The molecular weight excluding hydrogens is 490 g/mol. The van der Waals surface area contributed by atoms with Crippen LogP contribution in [-0.4, -0.2) is 36.2 Å². The number of benzene rings is 2. The summed E-state index contributed by atoms with van der Waals surface area (Å²) in [5.74, 6) is 0.0325. The van der Waals surface area contributed by atoms with Crippen molar-refractivity contribution in [2.75, 3.05) is 13.2 Å². The van der Waals surface area contributed by atoms with Crippen molar-refractivity contribution in [1.82, 2.24) is 5.32 Å². The van der Waals surface area contributed by atoms with Crippen molar-refractivity contribution in [3.05, 3.63) is 107 Å². The number of hydrogen-bond acceptors (Lipinski definition) is 4. The first kappa shape index (κ1) is 31.2. The average molecular weight is 532 g/mol. The number of carbonyl (C=O) groups is 2. The fourth-order valence-corrected chi connectivity index (χ4v) is 3.77. The Labute approximate surface area is 232 Å². The summed E-state index contributed by atoms with van der Waals surface area (Å²) in [6.45, 7) is 12.8. The molecule has 1 unspecified atom stereocenters. The second-order valence-corrected chi connectivity index (χ2v) is 9.20. The number of allylic oxidation sites excluding steroid dienone is 2. The summed E-state index contributed by atoms with van der Waals surface area (Å²) in [4.78, 5) is 24.8. The Kier molecular flexibility index (Phi) is 13.4. The zero-order valence-corrected chi connectivity index (χ0v) is 23.5. The van der Waals surface area contributed by atoms with Gasteiger partial charge in [-0.25, -0.2) is 4.79 Å². The molecule has 0 aliphatic heterocycles. The third-order valence-electron chi connectivity index (χ3n) is 6.18. The second kappa shape index (κ2) is 16.7. The molecule has 6 nitrogen and oxygen atoms in total. The maximum absolute atomic E-state index is 13.0. The highest BCUT2D eigenvalue weighted by Crippen LogP contribution is 2.22. The van der Waals surface area contributed by atoms with Crippen LogP contribution in [0, 0.1) is 6.92 Å². The molecule has 0 aliphatic carbocycles. The van der Waals surface area contributed by atoms with E-state index in [1.165, 1.54) is 0 Å². The minimum absolute atomic E-state index is 0.214. The summed E-state index contributed by atoms with van der Waals surface area (Å²) in [5, 5.41) is 12.3. The lowest BCUT2D eigenvalue weighted by atomic mass is 10.0. The largest absolute Gasteiger partial charge is 0.494 e. The van der Waals surface area contributed by atoms with Gasteiger partial charge >= 0.3 is 5.97 Å². The number of ether oxygens (including phenoxy) is 2. The lowest BCUT2D eigenvalue weighted by Crippen LogP contribution is -2.42. The Morgan fingerprint density at radius 1 is 1.13 bits per heavy atom. The van der Waals surface area contributed by atoms with Gasteiger partial charge in [-0.15, -0.1) is 0 Å². The van der Waals surface area contributed by atoms with Gasteiger partial charge in [0.1, 0.15) is 24.2 Å². The van der Waals surface area contributed by atoms with Gasteiger partial charge in [-0.3, -0.25) is 4.79 Å². The molecule has 1 amide bonds. The predicted molar refractivity (Wildman–Crippen MR) is 158 cm³/mol. The quantitative estimate of drug-likeness (QED) is 0.108. The number of aryl methyl sites for hydroxylation is 1. The average Bonchev–Trinajstić information content (AvgIpc) is 2.94.